The van der Waals surface area contributed by atoms with Gasteiger partial charge in [-0.2, -0.15) is 0 Å². The quantitative estimate of drug-likeness (QED) is 0.678. The van der Waals surface area contributed by atoms with Gasteiger partial charge in [0, 0.05) is 37.1 Å². The lowest BCUT2D eigenvalue weighted by Crippen LogP contribution is -2.55. The molecule has 0 N–H and O–H groups in total. The minimum absolute atomic E-state index is 0.0606. The summed E-state index contributed by atoms with van der Waals surface area (Å²) < 4.78 is 25.8. The summed E-state index contributed by atoms with van der Waals surface area (Å²) in [5.74, 6) is -0.144. The first-order valence-electron chi connectivity index (χ1n) is 11.4. The molecule has 3 fully saturated rings. The molecule has 3 aliphatic rings. The van der Waals surface area contributed by atoms with Crippen molar-refractivity contribution >= 4 is 33.3 Å². The van der Waals surface area contributed by atoms with Crippen LogP contribution in [0.4, 0.5) is 0 Å². The van der Waals surface area contributed by atoms with Crippen LogP contribution in [0.25, 0.3) is 0 Å². The summed E-state index contributed by atoms with van der Waals surface area (Å²) in [4.78, 5) is 30.3. The van der Waals surface area contributed by atoms with Crippen LogP contribution < -0.4 is 0 Å². The normalized spacial score (nSPS) is 22.5. The number of likely N-dealkylation sites (tertiary alicyclic amines) is 2. The van der Waals surface area contributed by atoms with Crippen molar-refractivity contribution in [1.82, 2.24) is 9.80 Å². The van der Waals surface area contributed by atoms with Gasteiger partial charge in [0.1, 0.15) is 0 Å². The Morgan fingerprint density at radius 2 is 1.42 bits per heavy atom. The molecular formula is C23H31ClN2O4S. The fourth-order valence-corrected chi connectivity index (χ4v) is 7.63. The third-order valence-electron chi connectivity index (χ3n) is 7.24. The highest BCUT2D eigenvalue weighted by molar-refractivity contribution is 7.93. The van der Waals surface area contributed by atoms with E-state index >= 15 is 0 Å². The van der Waals surface area contributed by atoms with E-state index in [0.717, 1.165) is 38.8 Å². The van der Waals surface area contributed by atoms with Crippen LogP contribution in [0.1, 0.15) is 57.8 Å². The molecule has 170 valence electrons. The van der Waals surface area contributed by atoms with Gasteiger partial charge in [0.15, 0.2) is 14.6 Å². The zero-order valence-electron chi connectivity index (χ0n) is 17.9. The zero-order valence-corrected chi connectivity index (χ0v) is 19.5. The van der Waals surface area contributed by atoms with Crippen molar-refractivity contribution < 1.29 is 18.0 Å². The third kappa shape index (κ3) is 4.23. The van der Waals surface area contributed by atoms with Crippen molar-refractivity contribution in [3.05, 3.63) is 29.3 Å². The molecule has 2 amide bonds. The summed E-state index contributed by atoms with van der Waals surface area (Å²) in [5, 5.41) is 0.464. The van der Waals surface area contributed by atoms with Gasteiger partial charge < -0.3 is 9.80 Å². The molecule has 0 unspecified atom stereocenters. The van der Waals surface area contributed by atoms with Gasteiger partial charge in [-0.1, -0.05) is 24.4 Å². The molecule has 1 aromatic rings. The van der Waals surface area contributed by atoms with Crippen LogP contribution in [0.3, 0.4) is 0 Å². The van der Waals surface area contributed by atoms with Crippen LogP contribution in [0.2, 0.25) is 5.02 Å². The number of hydrogen-bond donors (Lipinski definition) is 0. The van der Waals surface area contributed by atoms with Gasteiger partial charge in [-0.3, -0.25) is 9.59 Å². The van der Waals surface area contributed by atoms with Gasteiger partial charge >= 0.3 is 0 Å². The number of piperidine rings is 2. The molecule has 31 heavy (non-hydrogen) atoms. The Morgan fingerprint density at radius 1 is 0.839 bits per heavy atom. The Hall–Kier alpha value is -1.60. The molecule has 4 rings (SSSR count). The second-order valence-electron chi connectivity index (χ2n) is 9.11. The van der Waals surface area contributed by atoms with E-state index in [4.69, 9.17) is 11.6 Å². The van der Waals surface area contributed by atoms with Crippen molar-refractivity contribution in [3.8, 4) is 0 Å². The lowest BCUT2D eigenvalue weighted by Gasteiger charge is -2.39. The van der Waals surface area contributed by atoms with Gasteiger partial charge in [0.25, 0.3) is 0 Å². The fraction of sp³-hybridized carbons (Fsp3) is 0.652. The maximum atomic E-state index is 13.6. The monoisotopic (exact) mass is 466 g/mol. The Morgan fingerprint density at radius 3 is 2.00 bits per heavy atom. The van der Waals surface area contributed by atoms with Crippen molar-refractivity contribution in [2.75, 3.05) is 26.2 Å². The predicted molar refractivity (Wildman–Crippen MR) is 120 cm³/mol. The molecule has 1 aromatic carbocycles. The predicted octanol–water partition coefficient (Wildman–Crippen LogP) is 3.68. The highest BCUT2D eigenvalue weighted by atomic mass is 35.5. The van der Waals surface area contributed by atoms with Crippen LogP contribution in [0, 0.1) is 5.92 Å². The molecule has 1 aliphatic carbocycles. The molecule has 0 atom stereocenters. The number of nitrogens with zero attached hydrogens (tertiary/aromatic N) is 2. The van der Waals surface area contributed by atoms with Crippen LogP contribution in [-0.2, 0) is 19.4 Å². The smallest absolute Gasteiger partial charge is 0.244 e. The van der Waals surface area contributed by atoms with Crippen molar-refractivity contribution in [2.24, 2.45) is 5.92 Å². The number of benzene rings is 1. The van der Waals surface area contributed by atoms with Crippen LogP contribution in [-0.4, -0.2) is 61.0 Å². The summed E-state index contributed by atoms with van der Waals surface area (Å²) in [6.07, 6.45) is 6.68. The summed E-state index contributed by atoms with van der Waals surface area (Å²) in [7, 11) is -3.84. The lowest BCUT2D eigenvalue weighted by molar-refractivity contribution is -0.142. The standard InChI is InChI=1S/C23H31ClN2O4S/c24-19-6-8-20(9-7-19)31(29,30)23(12-2-3-13-23)22(28)26-16-10-18(11-17-26)21(27)25-14-4-1-5-15-25/h6-9,18H,1-5,10-17H2. The van der Waals surface area contributed by atoms with Crippen molar-refractivity contribution in [3.63, 3.8) is 0 Å². The Balaban J connectivity index is 1.48. The second-order valence-corrected chi connectivity index (χ2v) is 11.8. The SMILES string of the molecule is O=C(C1CCN(C(=O)C2(S(=O)(=O)c3ccc(Cl)cc3)CCCC2)CC1)N1CCCCC1. The number of sulfone groups is 1. The fourth-order valence-electron chi connectivity index (χ4n) is 5.37. The average Bonchev–Trinajstić information content (AvgIpc) is 3.31. The van der Waals surface area contributed by atoms with E-state index in [1.807, 2.05) is 4.90 Å². The van der Waals surface area contributed by atoms with E-state index in [1.54, 1.807) is 17.0 Å². The topological polar surface area (TPSA) is 74.8 Å². The third-order valence-corrected chi connectivity index (χ3v) is 9.99. The number of carbonyl (C=O) groups is 2. The summed E-state index contributed by atoms with van der Waals surface area (Å²) in [6, 6.07) is 6.10. The number of halogens is 1. The molecule has 2 aliphatic heterocycles. The minimum Gasteiger partial charge on any atom is -0.342 e. The highest BCUT2D eigenvalue weighted by Gasteiger charge is 2.54. The van der Waals surface area contributed by atoms with E-state index in [0.29, 0.717) is 43.8 Å². The van der Waals surface area contributed by atoms with Crippen LogP contribution in [0.15, 0.2) is 29.2 Å². The average molecular weight is 467 g/mol. The van der Waals surface area contributed by atoms with Crippen LogP contribution >= 0.6 is 11.6 Å². The molecule has 2 saturated heterocycles. The maximum Gasteiger partial charge on any atom is 0.244 e. The molecule has 1 saturated carbocycles. The number of rotatable bonds is 4. The molecule has 8 heteroatoms. The van der Waals surface area contributed by atoms with E-state index in [-0.39, 0.29) is 22.6 Å². The van der Waals surface area contributed by atoms with E-state index in [1.165, 1.54) is 18.6 Å². The van der Waals surface area contributed by atoms with Gasteiger partial charge in [-0.25, -0.2) is 8.42 Å². The number of hydrogen-bond acceptors (Lipinski definition) is 4. The Labute approximate surface area is 189 Å². The molecule has 6 nitrogen and oxygen atoms in total. The summed E-state index contributed by atoms with van der Waals surface area (Å²) >= 11 is 5.93. The van der Waals surface area contributed by atoms with Crippen molar-refractivity contribution in [1.29, 1.82) is 0 Å². The first-order chi connectivity index (χ1) is 14.8. The molecule has 2 heterocycles. The number of carbonyl (C=O) groups excluding carboxylic acids is 2. The molecule has 0 bridgehead atoms. The van der Waals surface area contributed by atoms with Gasteiger partial charge in [-0.05, 0) is 69.2 Å². The van der Waals surface area contributed by atoms with E-state index in [2.05, 4.69) is 0 Å². The molecule has 0 radical (unpaired) electrons. The van der Waals surface area contributed by atoms with Gasteiger partial charge in [-0.15, -0.1) is 0 Å². The largest absolute Gasteiger partial charge is 0.342 e. The first kappa shape index (κ1) is 22.6. The van der Waals surface area contributed by atoms with E-state index < -0.39 is 14.6 Å². The number of amides is 2. The summed E-state index contributed by atoms with van der Waals surface area (Å²) in [5.41, 5.74) is 0. The first-order valence-corrected chi connectivity index (χ1v) is 13.3. The summed E-state index contributed by atoms with van der Waals surface area (Å²) in [6.45, 7) is 2.56. The minimum atomic E-state index is -3.84. The second kappa shape index (κ2) is 9.10. The highest BCUT2D eigenvalue weighted by Crippen LogP contribution is 2.42. The Bertz CT molecular complexity index is 911. The van der Waals surface area contributed by atoms with E-state index in [9.17, 15) is 18.0 Å². The molecular weight excluding hydrogens is 436 g/mol. The van der Waals surface area contributed by atoms with Gasteiger partial charge in [0.05, 0.1) is 4.90 Å². The maximum absolute atomic E-state index is 13.6. The van der Waals surface area contributed by atoms with Gasteiger partial charge in [0.2, 0.25) is 11.8 Å². The van der Waals surface area contributed by atoms with Crippen molar-refractivity contribution in [2.45, 2.75) is 67.4 Å². The molecule has 0 spiro atoms. The zero-order chi connectivity index (χ0) is 22.1. The molecule has 0 aromatic heterocycles. The Kier molecular flexibility index (Phi) is 6.63. The lowest BCUT2D eigenvalue weighted by atomic mass is 9.93. The van der Waals surface area contributed by atoms with Crippen LogP contribution in [0.5, 0.6) is 0 Å².